The van der Waals surface area contributed by atoms with Gasteiger partial charge in [-0.05, 0) is 31.2 Å². The molecule has 1 aromatic carbocycles. The number of hydrogen-bond acceptors (Lipinski definition) is 5. The molecule has 5 heteroatoms. The monoisotopic (exact) mass is 292 g/mol. The predicted octanol–water partition coefficient (Wildman–Crippen LogP) is 3.31. The van der Waals surface area contributed by atoms with E-state index in [0.29, 0.717) is 27.7 Å². The molecular formula is C15H16O4S. The fourth-order valence-corrected chi connectivity index (χ4v) is 2.74. The van der Waals surface area contributed by atoms with Crippen LogP contribution in [-0.2, 0) is 0 Å². The number of thiophene rings is 1. The number of carbonyl (C=O) groups is 1. The second kappa shape index (κ2) is 5.96. The molecule has 0 aliphatic rings. The number of methoxy groups -OCH3 is 3. The standard InChI is InChI=1S/C15H16O4S/c1-9-5-6-13(20-9)14(16)10-7-11(17-2)15(19-4)12(8-10)18-3/h5-8H,1-4H3. The summed E-state index contributed by atoms with van der Waals surface area (Å²) in [7, 11) is 4.59. The Morgan fingerprint density at radius 1 is 1.00 bits per heavy atom. The van der Waals surface area contributed by atoms with Crippen molar-refractivity contribution >= 4 is 17.1 Å². The Balaban J connectivity index is 2.49. The van der Waals surface area contributed by atoms with E-state index < -0.39 is 0 Å². The van der Waals surface area contributed by atoms with E-state index in [1.807, 2.05) is 19.1 Å². The summed E-state index contributed by atoms with van der Waals surface area (Å²) in [6, 6.07) is 7.08. The average molecular weight is 292 g/mol. The molecule has 106 valence electrons. The van der Waals surface area contributed by atoms with E-state index >= 15 is 0 Å². The van der Waals surface area contributed by atoms with Crippen molar-refractivity contribution in [3.8, 4) is 17.2 Å². The zero-order valence-electron chi connectivity index (χ0n) is 11.9. The van der Waals surface area contributed by atoms with Gasteiger partial charge in [-0.15, -0.1) is 11.3 Å². The van der Waals surface area contributed by atoms with E-state index in [9.17, 15) is 4.79 Å². The maximum atomic E-state index is 12.5. The van der Waals surface area contributed by atoms with Gasteiger partial charge in [-0.3, -0.25) is 4.79 Å². The third-order valence-corrected chi connectivity index (χ3v) is 3.89. The Morgan fingerprint density at radius 3 is 2.00 bits per heavy atom. The molecule has 0 fully saturated rings. The van der Waals surface area contributed by atoms with Gasteiger partial charge in [-0.1, -0.05) is 0 Å². The normalized spacial score (nSPS) is 10.2. The maximum Gasteiger partial charge on any atom is 0.203 e. The summed E-state index contributed by atoms with van der Waals surface area (Å²) < 4.78 is 15.8. The number of ether oxygens (including phenoxy) is 3. The summed E-state index contributed by atoms with van der Waals surface area (Å²) in [6.07, 6.45) is 0. The van der Waals surface area contributed by atoms with Gasteiger partial charge in [0, 0.05) is 10.4 Å². The molecule has 0 atom stereocenters. The number of benzene rings is 1. The smallest absolute Gasteiger partial charge is 0.203 e. The lowest BCUT2D eigenvalue weighted by Gasteiger charge is -2.13. The van der Waals surface area contributed by atoms with Crippen molar-refractivity contribution < 1.29 is 19.0 Å². The molecule has 0 N–H and O–H groups in total. The zero-order valence-corrected chi connectivity index (χ0v) is 12.7. The first kappa shape index (κ1) is 14.4. The predicted molar refractivity (Wildman–Crippen MR) is 78.6 cm³/mol. The van der Waals surface area contributed by atoms with E-state index in [1.54, 1.807) is 12.1 Å². The number of rotatable bonds is 5. The SMILES string of the molecule is COc1cc(C(=O)c2ccc(C)s2)cc(OC)c1OC. The van der Waals surface area contributed by atoms with Crippen LogP contribution >= 0.6 is 11.3 Å². The third-order valence-electron chi connectivity index (χ3n) is 2.89. The lowest BCUT2D eigenvalue weighted by atomic mass is 10.1. The fourth-order valence-electron chi connectivity index (χ4n) is 1.91. The van der Waals surface area contributed by atoms with E-state index in [2.05, 4.69) is 0 Å². The van der Waals surface area contributed by atoms with Gasteiger partial charge in [0.25, 0.3) is 0 Å². The van der Waals surface area contributed by atoms with Gasteiger partial charge in [-0.25, -0.2) is 0 Å². The Hall–Kier alpha value is -2.01. The number of ketones is 1. The summed E-state index contributed by atoms with van der Waals surface area (Å²) >= 11 is 1.47. The van der Waals surface area contributed by atoms with Crippen LogP contribution in [-0.4, -0.2) is 27.1 Å². The molecule has 0 aliphatic heterocycles. The number of aryl methyl sites for hydroxylation is 1. The van der Waals surface area contributed by atoms with Gasteiger partial charge in [-0.2, -0.15) is 0 Å². The van der Waals surface area contributed by atoms with E-state index in [1.165, 1.54) is 32.7 Å². The fraction of sp³-hybridized carbons (Fsp3) is 0.267. The maximum absolute atomic E-state index is 12.5. The number of hydrogen-bond donors (Lipinski definition) is 0. The molecule has 4 nitrogen and oxygen atoms in total. The van der Waals surface area contributed by atoms with Crippen LogP contribution in [0.2, 0.25) is 0 Å². The highest BCUT2D eigenvalue weighted by atomic mass is 32.1. The molecule has 0 bridgehead atoms. The molecule has 1 heterocycles. The van der Waals surface area contributed by atoms with Crippen LogP contribution in [0, 0.1) is 6.92 Å². The van der Waals surface area contributed by atoms with Crippen molar-refractivity contribution in [2.24, 2.45) is 0 Å². The van der Waals surface area contributed by atoms with Crippen molar-refractivity contribution in [1.29, 1.82) is 0 Å². The second-order valence-corrected chi connectivity index (χ2v) is 5.44. The molecule has 0 amide bonds. The molecule has 2 aromatic rings. The van der Waals surface area contributed by atoms with Crippen LogP contribution < -0.4 is 14.2 Å². The molecular weight excluding hydrogens is 276 g/mol. The molecule has 0 spiro atoms. The van der Waals surface area contributed by atoms with Crippen LogP contribution in [0.1, 0.15) is 20.1 Å². The Morgan fingerprint density at radius 2 is 1.60 bits per heavy atom. The summed E-state index contributed by atoms with van der Waals surface area (Å²) in [6.45, 7) is 1.97. The van der Waals surface area contributed by atoms with Gasteiger partial charge < -0.3 is 14.2 Å². The molecule has 0 radical (unpaired) electrons. The van der Waals surface area contributed by atoms with Crippen molar-refractivity contribution in [1.82, 2.24) is 0 Å². The summed E-state index contributed by atoms with van der Waals surface area (Å²) in [5.74, 6) is 1.38. The minimum Gasteiger partial charge on any atom is -0.493 e. The molecule has 20 heavy (non-hydrogen) atoms. The molecule has 0 aliphatic carbocycles. The van der Waals surface area contributed by atoms with Crippen LogP contribution in [0.5, 0.6) is 17.2 Å². The lowest BCUT2D eigenvalue weighted by molar-refractivity contribution is 0.104. The second-order valence-electron chi connectivity index (χ2n) is 4.15. The van der Waals surface area contributed by atoms with Crippen LogP contribution in [0.3, 0.4) is 0 Å². The van der Waals surface area contributed by atoms with Gasteiger partial charge in [0.15, 0.2) is 11.5 Å². The van der Waals surface area contributed by atoms with Crippen LogP contribution in [0.4, 0.5) is 0 Å². The molecule has 0 saturated heterocycles. The van der Waals surface area contributed by atoms with Crippen LogP contribution in [0.25, 0.3) is 0 Å². The molecule has 1 aromatic heterocycles. The Kier molecular flexibility index (Phi) is 4.29. The van der Waals surface area contributed by atoms with E-state index in [4.69, 9.17) is 14.2 Å². The third kappa shape index (κ3) is 2.63. The molecule has 2 rings (SSSR count). The lowest BCUT2D eigenvalue weighted by Crippen LogP contribution is -2.02. The Labute approximate surface area is 121 Å². The van der Waals surface area contributed by atoms with E-state index in [0.717, 1.165) is 4.88 Å². The first-order valence-electron chi connectivity index (χ1n) is 6.01. The average Bonchev–Trinajstić information content (AvgIpc) is 2.91. The summed E-state index contributed by atoms with van der Waals surface area (Å²) in [4.78, 5) is 14.2. The largest absolute Gasteiger partial charge is 0.493 e. The first-order chi connectivity index (χ1) is 9.60. The quantitative estimate of drug-likeness (QED) is 0.793. The molecule has 0 saturated carbocycles. The van der Waals surface area contributed by atoms with Gasteiger partial charge >= 0.3 is 0 Å². The molecule has 0 unspecified atom stereocenters. The summed E-state index contributed by atoms with van der Waals surface area (Å²) in [5.41, 5.74) is 0.515. The van der Waals surface area contributed by atoms with Gasteiger partial charge in [0.05, 0.1) is 26.2 Å². The Bertz CT molecular complexity index is 606. The zero-order chi connectivity index (χ0) is 14.7. The van der Waals surface area contributed by atoms with Crippen molar-refractivity contribution in [3.63, 3.8) is 0 Å². The van der Waals surface area contributed by atoms with Crippen molar-refractivity contribution in [3.05, 3.63) is 39.6 Å². The minimum atomic E-state index is -0.0534. The van der Waals surface area contributed by atoms with Gasteiger partial charge in [0.1, 0.15) is 0 Å². The highest BCUT2D eigenvalue weighted by Gasteiger charge is 2.18. The summed E-state index contributed by atoms with van der Waals surface area (Å²) in [5, 5.41) is 0. The minimum absolute atomic E-state index is 0.0534. The highest BCUT2D eigenvalue weighted by Crippen LogP contribution is 2.39. The van der Waals surface area contributed by atoms with E-state index in [-0.39, 0.29) is 5.78 Å². The van der Waals surface area contributed by atoms with Crippen LogP contribution in [0.15, 0.2) is 24.3 Å². The van der Waals surface area contributed by atoms with Crippen molar-refractivity contribution in [2.45, 2.75) is 6.92 Å². The highest BCUT2D eigenvalue weighted by molar-refractivity contribution is 7.14. The number of carbonyl (C=O) groups excluding carboxylic acids is 1. The van der Waals surface area contributed by atoms with Gasteiger partial charge in [0.2, 0.25) is 11.5 Å². The topological polar surface area (TPSA) is 44.8 Å². The first-order valence-corrected chi connectivity index (χ1v) is 6.83. The van der Waals surface area contributed by atoms with Crippen molar-refractivity contribution in [2.75, 3.05) is 21.3 Å².